The van der Waals surface area contributed by atoms with Crippen LogP contribution >= 0.6 is 0 Å². The average molecular weight is 764 g/mol. The highest BCUT2D eigenvalue weighted by Crippen LogP contribution is 2.38. The Kier molecular flexibility index (Phi) is 15.9. The van der Waals surface area contributed by atoms with Gasteiger partial charge in [0, 0.05) is 47.8 Å². The van der Waals surface area contributed by atoms with E-state index in [-0.39, 0.29) is 31.4 Å². The van der Waals surface area contributed by atoms with Gasteiger partial charge < -0.3 is 28.8 Å². The number of rotatable bonds is 21. The van der Waals surface area contributed by atoms with Crippen LogP contribution in [0.4, 0.5) is 0 Å². The number of hydrogen-bond donors (Lipinski definition) is 1. The molecule has 0 bridgehead atoms. The lowest BCUT2D eigenvalue weighted by atomic mass is 9.99. The van der Waals surface area contributed by atoms with Gasteiger partial charge in [-0.3, -0.25) is 0 Å². The van der Waals surface area contributed by atoms with Crippen molar-refractivity contribution < 1.29 is 43.2 Å². The summed E-state index contributed by atoms with van der Waals surface area (Å²) in [4.78, 5) is 48.7. The minimum atomic E-state index is -0.499. The molecule has 294 valence electrons. The van der Waals surface area contributed by atoms with Gasteiger partial charge in [-0.05, 0) is 99.5 Å². The van der Waals surface area contributed by atoms with Gasteiger partial charge in [-0.25, -0.2) is 29.3 Å². The number of esters is 3. The molecule has 0 saturated heterocycles. The number of nitrogens with zero attached hydrogens (tertiary/aromatic N) is 3. The van der Waals surface area contributed by atoms with Gasteiger partial charge in [-0.1, -0.05) is 31.9 Å². The largest absolute Gasteiger partial charge is 0.507 e. The van der Waals surface area contributed by atoms with Crippen LogP contribution in [0.15, 0.2) is 80.4 Å². The van der Waals surface area contributed by atoms with Gasteiger partial charge >= 0.3 is 17.9 Å². The maximum atomic E-state index is 11.5. The number of benzene rings is 3. The quantitative estimate of drug-likeness (QED) is 0.0380. The summed E-state index contributed by atoms with van der Waals surface area (Å²) in [5, 5.41) is 11.5. The lowest BCUT2D eigenvalue weighted by Gasteiger charge is -2.16. The Morgan fingerprint density at radius 1 is 0.589 bits per heavy atom. The highest BCUT2D eigenvalue weighted by atomic mass is 16.5. The van der Waals surface area contributed by atoms with E-state index in [1.807, 2.05) is 45.0 Å². The Hall–Kier alpha value is -6.30. The van der Waals surface area contributed by atoms with Crippen LogP contribution in [0.3, 0.4) is 0 Å². The molecule has 0 saturated carbocycles. The van der Waals surface area contributed by atoms with Crippen LogP contribution < -0.4 is 9.47 Å². The molecule has 12 heteroatoms. The van der Waals surface area contributed by atoms with Gasteiger partial charge in [0.15, 0.2) is 17.5 Å². The van der Waals surface area contributed by atoms with Crippen molar-refractivity contribution in [1.82, 2.24) is 15.0 Å². The van der Waals surface area contributed by atoms with Crippen LogP contribution in [-0.4, -0.2) is 71.0 Å². The third kappa shape index (κ3) is 11.6. The Morgan fingerprint density at radius 3 is 1.64 bits per heavy atom. The standard InChI is InChI=1S/C44H49N3O9/c1-8-38(48)54-22-12-11-15-32-16-17-33(27-28(32)4)42-45-43(34-18-20-36(30(6)29(34)5)52-23-13-25-55-39(49)9-2)47-44(46-42)35-19-21-37(31(7)41(35)51)53-24-14-26-56-40(50)10-3/h8-10,16-21,27,51H,1-3,11-15,22-26H2,4-7H3. The number of ether oxygens (including phenoxy) is 5. The number of phenolic OH excluding ortho intramolecular Hbond substituents is 1. The number of aromatic nitrogens is 3. The summed E-state index contributed by atoms with van der Waals surface area (Å²) in [6, 6.07) is 13.3. The first-order valence-electron chi connectivity index (χ1n) is 18.4. The van der Waals surface area contributed by atoms with Crippen molar-refractivity contribution in [3.8, 4) is 51.4 Å². The van der Waals surface area contributed by atoms with Gasteiger partial charge in [-0.2, -0.15) is 0 Å². The summed E-state index contributed by atoms with van der Waals surface area (Å²) in [5.74, 6) is 0.833. The van der Waals surface area contributed by atoms with E-state index in [0.29, 0.717) is 60.3 Å². The van der Waals surface area contributed by atoms with Crippen molar-refractivity contribution in [2.45, 2.75) is 59.8 Å². The molecule has 3 aromatic carbocycles. The number of phenols is 1. The van der Waals surface area contributed by atoms with Gasteiger partial charge in [0.05, 0.1) is 38.6 Å². The first-order chi connectivity index (χ1) is 27.0. The molecule has 0 aliphatic rings. The second kappa shape index (κ2) is 21.0. The maximum Gasteiger partial charge on any atom is 0.330 e. The lowest BCUT2D eigenvalue weighted by Crippen LogP contribution is -2.08. The normalized spacial score (nSPS) is 10.6. The number of carbonyl (C=O) groups excluding carboxylic acids is 3. The zero-order valence-corrected chi connectivity index (χ0v) is 32.5. The second-order valence-corrected chi connectivity index (χ2v) is 12.9. The first kappa shape index (κ1) is 42.4. The molecule has 0 amide bonds. The molecular weight excluding hydrogens is 714 g/mol. The Labute approximate surface area is 327 Å². The summed E-state index contributed by atoms with van der Waals surface area (Å²) in [6.07, 6.45) is 6.74. The lowest BCUT2D eigenvalue weighted by molar-refractivity contribution is -0.138. The summed E-state index contributed by atoms with van der Waals surface area (Å²) in [5.41, 5.74) is 6.44. The van der Waals surface area contributed by atoms with E-state index in [0.717, 1.165) is 70.9 Å². The summed E-state index contributed by atoms with van der Waals surface area (Å²) >= 11 is 0. The van der Waals surface area contributed by atoms with E-state index in [9.17, 15) is 19.5 Å². The predicted molar refractivity (Wildman–Crippen MR) is 213 cm³/mol. The van der Waals surface area contributed by atoms with Crippen LogP contribution in [0, 0.1) is 27.7 Å². The van der Waals surface area contributed by atoms with Gasteiger partial charge in [0.2, 0.25) is 0 Å². The Balaban J connectivity index is 1.65. The van der Waals surface area contributed by atoms with Crippen LogP contribution in [-0.2, 0) is 35.0 Å². The molecule has 0 spiro atoms. The smallest absolute Gasteiger partial charge is 0.330 e. The topological polar surface area (TPSA) is 156 Å². The third-order valence-corrected chi connectivity index (χ3v) is 9.00. The molecular formula is C44H49N3O9. The number of carbonyl (C=O) groups is 3. The fraction of sp³-hybridized carbons (Fsp3) is 0.318. The van der Waals surface area contributed by atoms with Crippen molar-refractivity contribution in [2.24, 2.45) is 0 Å². The van der Waals surface area contributed by atoms with Crippen molar-refractivity contribution in [3.05, 3.63) is 108 Å². The highest BCUT2D eigenvalue weighted by molar-refractivity contribution is 5.82. The molecule has 1 heterocycles. The summed E-state index contributed by atoms with van der Waals surface area (Å²) in [6.45, 7) is 19.3. The minimum absolute atomic E-state index is 0.0376. The van der Waals surface area contributed by atoms with E-state index in [1.54, 1.807) is 19.1 Å². The molecule has 0 radical (unpaired) electrons. The van der Waals surface area contributed by atoms with Gasteiger partial charge in [0.1, 0.15) is 17.2 Å². The summed E-state index contributed by atoms with van der Waals surface area (Å²) < 4.78 is 27.1. The minimum Gasteiger partial charge on any atom is -0.507 e. The van der Waals surface area contributed by atoms with Crippen LogP contribution in [0.2, 0.25) is 0 Å². The molecule has 0 aliphatic heterocycles. The number of aryl methyl sites for hydroxylation is 2. The zero-order chi connectivity index (χ0) is 40.6. The number of hydrogen-bond acceptors (Lipinski definition) is 12. The van der Waals surface area contributed by atoms with Crippen LogP contribution in [0.25, 0.3) is 34.2 Å². The van der Waals surface area contributed by atoms with E-state index in [4.69, 9.17) is 38.6 Å². The molecule has 56 heavy (non-hydrogen) atoms. The molecule has 4 aromatic rings. The Bertz CT molecular complexity index is 1970. The molecule has 0 atom stereocenters. The third-order valence-electron chi connectivity index (χ3n) is 9.00. The van der Waals surface area contributed by atoms with Gasteiger partial charge in [-0.15, -0.1) is 0 Å². The molecule has 1 N–H and O–H groups in total. The van der Waals surface area contributed by atoms with Crippen LogP contribution in [0.5, 0.6) is 17.2 Å². The fourth-order valence-electron chi connectivity index (χ4n) is 5.67. The van der Waals surface area contributed by atoms with E-state index in [1.165, 1.54) is 0 Å². The summed E-state index contributed by atoms with van der Waals surface area (Å²) in [7, 11) is 0. The van der Waals surface area contributed by atoms with Crippen molar-refractivity contribution in [3.63, 3.8) is 0 Å². The fourth-order valence-corrected chi connectivity index (χ4v) is 5.67. The van der Waals surface area contributed by atoms with Gasteiger partial charge in [0.25, 0.3) is 0 Å². The van der Waals surface area contributed by atoms with Crippen molar-refractivity contribution in [1.29, 1.82) is 0 Å². The SMILES string of the molecule is C=CC(=O)OCCCCc1ccc(-c2nc(-c3ccc(OCCCOC(=O)C=C)c(C)c3C)nc(-c3ccc(OCCCOC(=O)C=C)c(C)c3O)n2)cc1C. The van der Waals surface area contributed by atoms with E-state index >= 15 is 0 Å². The Morgan fingerprint density at radius 2 is 1.09 bits per heavy atom. The zero-order valence-electron chi connectivity index (χ0n) is 32.5. The molecule has 0 unspecified atom stereocenters. The molecule has 12 nitrogen and oxygen atoms in total. The predicted octanol–water partition coefficient (Wildman–Crippen LogP) is 7.86. The van der Waals surface area contributed by atoms with Crippen molar-refractivity contribution in [2.75, 3.05) is 33.0 Å². The highest BCUT2D eigenvalue weighted by Gasteiger charge is 2.20. The van der Waals surface area contributed by atoms with Crippen molar-refractivity contribution >= 4 is 17.9 Å². The van der Waals surface area contributed by atoms with E-state index in [2.05, 4.69) is 25.8 Å². The molecule has 4 rings (SSSR count). The second-order valence-electron chi connectivity index (χ2n) is 12.9. The first-order valence-corrected chi connectivity index (χ1v) is 18.4. The number of unbranched alkanes of at least 4 members (excludes halogenated alkanes) is 1. The molecule has 0 fully saturated rings. The monoisotopic (exact) mass is 763 g/mol. The molecule has 0 aliphatic carbocycles. The number of aromatic hydroxyl groups is 1. The van der Waals surface area contributed by atoms with Crippen LogP contribution in [0.1, 0.15) is 53.5 Å². The average Bonchev–Trinajstić information content (AvgIpc) is 3.20. The maximum absolute atomic E-state index is 11.5. The van der Waals surface area contributed by atoms with E-state index < -0.39 is 17.9 Å². The molecule has 1 aromatic heterocycles.